The maximum absolute atomic E-state index is 3.79. The lowest BCUT2D eigenvalue weighted by atomic mass is 10.0. The Balaban J connectivity index is 2.36. The van der Waals surface area contributed by atoms with Gasteiger partial charge < -0.3 is 0 Å². The van der Waals surface area contributed by atoms with Crippen molar-refractivity contribution in [1.29, 1.82) is 0 Å². The van der Waals surface area contributed by atoms with Gasteiger partial charge in [-0.25, -0.2) is 0 Å². The lowest BCUT2D eigenvalue weighted by Crippen LogP contribution is -1.91. The molecule has 1 heterocycles. The van der Waals surface area contributed by atoms with Gasteiger partial charge in [-0.2, -0.15) is 0 Å². The van der Waals surface area contributed by atoms with E-state index in [1.54, 1.807) is 11.3 Å². The minimum atomic E-state index is 0.289. The highest BCUT2D eigenvalue weighted by Crippen LogP contribution is 2.39. The van der Waals surface area contributed by atoms with E-state index < -0.39 is 0 Å². The van der Waals surface area contributed by atoms with E-state index in [-0.39, 0.29) is 4.83 Å². The number of thiophene rings is 1. The van der Waals surface area contributed by atoms with Gasteiger partial charge >= 0.3 is 0 Å². The van der Waals surface area contributed by atoms with Crippen molar-refractivity contribution in [3.05, 3.63) is 55.2 Å². The van der Waals surface area contributed by atoms with Crippen LogP contribution < -0.4 is 0 Å². The molecule has 0 saturated carbocycles. The van der Waals surface area contributed by atoms with Crippen LogP contribution in [0.15, 0.2) is 28.1 Å². The molecule has 1 aromatic heterocycles. The number of aryl methyl sites for hydroxylation is 3. The molecule has 0 saturated heterocycles. The Labute approximate surface area is 123 Å². The summed E-state index contributed by atoms with van der Waals surface area (Å²) in [6.45, 7) is 6.44. The summed E-state index contributed by atoms with van der Waals surface area (Å²) in [5.41, 5.74) is 5.32. The molecule has 0 radical (unpaired) electrons. The maximum Gasteiger partial charge on any atom is 0.0738 e. The lowest BCUT2D eigenvalue weighted by Gasteiger charge is -2.10. The van der Waals surface area contributed by atoms with Crippen molar-refractivity contribution in [2.45, 2.75) is 25.6 Å². The smallest absolute Gasteiger partial charge is 0.0738 e. The van der Waals surface area contributed by atoms with E-state index in [0.29, 0.717) is 0 Å². The second-order valence-corrected chi connectivity index (χ2v) is 7.63. The number of halogens is 2. The fourth-order valence-corrected chi connectivity index (χ4v) is 3.97. The highest BCUT2D eigenvalue weighted by molar-refractivity contribution is 9.11. The zero-order chi connectivity index (χ0) is 12.6. The van der Waals surface area contributed by atoms with Gasteiger partial charge in [-0.3, -0.25) is 0 Å². The van der Waals surface area contributed by atoms with Crippen LogP contribution in [0.25, 0.3) is 0 Å². The molecular weight excluding hydrogens is 360 g/mol. The van der Waals surface area contributed by atoms with Gasteiger partial charge in [0.1, 0.15) is 0 Å². The Hall–Kier alpha value is -0.120. The normalized spacial score (nSPS) is 12.8. The van der Waals surface area contributed by atoms with Crippen LogP contribution in [0.5, 0.6) is 0 Å². The van der Waals surface area contributed by atoms with Gasteiger partial charge in [0, 0.05) is 4.88 Å². The Morgan fingerprint density at radius 3 is 2.24 bits per heavy atom. The van der Waals surface area contributed by atoms with Crippen LogP contribution in [0.3, 0.4) is 0 Å². The molecule has 1 atom stereocenters. The fraction of sp³-hybridized carbons (Fsp3) is 0.286. The summed E-state index contributed by atoms with van der Waals surface area (Å²) in [6, 6.07) is 8.89. The molecule has 90 valence electrons. The van der Waals surface area contributed by atoms with Crippen molar-refractivity contribution in [3.8, 4) is 0 Å². The quantitative estimate of drug-likeness (QED) is 0.573. The van der Waals surface area contributed by atoms with Gasteiger partial charge in [0.25, 0.3) is 0 Å². The first-order chi connectivity index (χ1) is 7.99. The van der Waals surface area contributed by atoms with Gasteiger partial charge in [0.05, 0.1) is 8.61 Å². The standard InChI is InChI=1S/C14H14Br2S/c1-8-4-5-11(6-9(8)2)13(15)12-7-10(3)14(16)17-12/h4-7,13H,1-3H3. The van der Waals surface area contributed by atoms with E-state index in [9.17, 15) is 0 Å². The molecule has 0 N–H and O–H groups in total. The first kappa shape index (κ1) is 13.3. The zero-order valence-electron chi connectivity index (χ0n) is 10.1. The van der Waals surface area contributed by atoms with Crippen LogP contribution >= 0.6 is 43.2 Å². The first-order valence-corrected chi connectivity index (χ1v) is 7.98. The van der Waals surface area contributed by atoms with Gasteiger partial charge in [-0.15, -0.1) is 11.3 Å². The van der Waals surface area contributed by atoms with E-state index in [0.717, 1.165) is 0 Å². The number of rotatable bonds is 2. The van der Waals surface area contributed by atoms with E-state index >= 15 is 0 Å². The molecule has 3 heteroatoms. The van der Waals surface area contributed by atoms with E-state index in [2.05, 4.69) is 76.9 Å². The van der Waals surface area contributed by atoms with Crippen molar-refractivity contribution < 1.29 is 0 Å². The maximum atomic E-state index is 3.79. The van der Waals surface area contributed by atoms with E-state index in [1.807, 2.05) is 0 Å². The Morgan fingerprint density at radius 1 is 1.00 bits per heavy atom. The van der Waals surface area contributed by atoms with Gasteiger partial charge in [-0.1, -0.05) is 34.1 Å². The van der Waals surface area contributed by atoms with Crippen LogP contribution in [0.1, 0.15) is 32.0 Å². The highest BCUT2D eigenvalue weighted by Gasteiger charge is 2.14. The predicted octanol–water partition coefficient (Wildman–Crippen LogP) is 5.92. The van der Waals surface area contributed by atoms with Crippen molar-refractivity contribution in [2.75, 3.05) is 0 Å². The van der Waals surface area contributed by atoms with Gasteiger partial charge in [0.2, 0.25) is 0 Å². The average Bonchev–Trinajstić information content (AvgIpc) is 2.62. The molecule has 0 aliphatic carbocycles. The second-order valence-electron chi connectivity index (χ2n) is 4.31. The molecule has 0 aliphatic rings. The van der Waals surface area contributed by atoms with Crippen LogP contribution in [0.4, 0.5) is 0 Å². The zero-order valence-corrected chi connectivity index (χ0v) is 14.0. The molecular formula is C14H14Br2S. The van der Waals surface area contributed by atoms with Crippen molar-refractivity contribution in [3.63, 3.8) is 0 Å². The monoisotopic (exact) mass is 372 g/mol. The largest absolute Gasteiger partial charge is 0.131 e. The van der Waals surface area contributed by atoms with Crippen molar-refractivity contribution in [1.82, 2.24) is 0 Å². The molecule has 2 aromatic rings. The van der Waals surface area contributed by atoms with Crippen molar-refractivity contribution in [2.24, 2.45) is 0 Å². The molecule has 0 spiro atoms. The minimum absolute atomic E-state index is 0.289. The van der Waals surface area contributed by atoms with Crippen LogP contribution in [-0.4, -0.2) is 0 Å². The summed E-state index contributed by atoms with van der Waals surface area (Å²) in [6.07, 6.45) is 0. The van der Waals surface area contributed by atoms with Crippen molar-refractivity contribution >= 4 is 43.2 Å². The number of hydrogen-bond donors (Lipinski definition) is 0. The molecule has 0 aliphatic heterocycles. The van der Waals surface area contributed by atoms with Crippen LogP contribution in [-0.2, 0) is 0 Å². The molecule has 0 bridgehead atoms. The molecule has 17 heavy (non-hydrogen) atoms. The molecule has 1 aromatic carbocycles. The SMILES string of the molecule is Cc1ccc(C(Br)c2cc(C)c(Br)s2)cc1C. The third kappa shape index (κ3) is 2.83. The fourth-order valence-electron chi connectivity index (χ4n) is 1.69. The van der Waals surface area contributed by atoms with Gasteiger partial charge in [0.15, 0.2) is 0 Å². The summed E-state index contributed by atoms with van der Waals surface area (Å²) < 4.78 is 1.22. The number of hydrogen-bond acceptors (Lipinski definition) is 1. The molecule has 0 amide bonds. The molecule has 0 nitrogen and oxygen atoms in total. The van der Waals surface area contributed by atoms with Crippen LogP contribution in [0, 0.1) is 20.8 Å². The van der Waals surface area contributed by atoms with Crippen LogP contribution in [0.2, 0.25) is 0 Å². The third-order valence-electron chi connectivity index (χ3n) is 2.95. The number of alkyl halides is 1. The lowest BCUT2D eigenvalue weighted by molar-refractivity contribution is 1.19. The van der Waals surface area contributed by atoms with Gasteiger partial charge in [-0.05, 0) is 65.0 Å². The second kappa shape index (κ2) is 5.25. The predicted molar refractivity (Wildman–Crippen MR) is 83.4 cm³/mol. The summed E-state index contributed by atoms with van der Waals surface area (Å²) >= 11 is 9.17. The minimum Gasteiger partial charge on any atom is -0.131 e. The first-order valence-electron chi connectivity index (χ1n) is 5.46. The molecule has 0 fully saturated rings. The molecule has 1 unspecified atom stereocenters. The summed E-state index contributed by atoms with van der Waals surface area (Å²) in [5, 5.41) is 0. The van der Waals surface area contributed by atoms with E-state index in [1.165, 1.54) is 30.9 Å². The Morgan fingerprint density at radius 2 is 1.71 bits per heavy atom. The molecule has 2 rings (SSSR count). The highest BCUT2D eigenvalue weighted by atomic mass is 79.9. The number of benzene rings is 1. The topological polar surface area (TPSA) is 0 Å². The summed E-state index contributed by atoms with van der Waals surface area (Å²) in [5.74, 6) is 0. The van der Waals surface area contributed by atoms with E-state index in [4.69, 9.17) is 0 Å². The summed E-state index contributed by atoms with van der Waals surface area (Å²) in [4.78, 5) is 1.63. The summed E-state index contributed by atoms with van der Waals surface area (Å²) in [7, 11) is 0. The average molecular weight is 374 g/mol. The Bertz CT molecular complexity index is 524. The Kier molecular flexibility index (Phi) is 4.11. The third-order valence-corrected chi connectivity index (χ3v) is 6.48.